The van der Waals surface area contributed by atoms with E-state index in [9.17, 15) is 4.79 Å². The maximum absolute atomic E-state index is 12.9. The number of aromatic nitrogens is 1. The Bertz CT molecular complexity index is 818. The van der Waals surface area contributed by atoms with Gasteiger partial charge in [-0.05, 0) is 62.6 Å². The average molecular weight is 394 g/mol. The Morgan fingerprint density at radius 2 is 1.76 bits per heavy atom. The molecule has 1 aromatic heterocycles. The summed E-state index contributed by atoms with van der Waals surface area (Å²) in [5.74, 6) is 1.07. The molecule has 2 saturated heterocycles. The lowest BCUT2D eigenvalue weighted by Crippen LogP contribution is -2.39. The maximum atomic E-state index is 12.9. The van der Waals surface area contributed by atoms with E-state index in [1.807, 2.05) is 35.2 Å². The zero-order valence-corrected chi connectivity index (χ0v) is 17.3. The van der Waals surface area contributed by atoms with Crippen LogP contribution in [-0.2, 0) is 11.3 Å². The molecule has 4 rings (SSSR count). The zero-order chi connectivity index (χ0) is 20.1. The van der Waals surface area contributed by atoms with Crippen LogP contribution < -0.4 is 4.90 Å². The third kappa shape index (κ3) is 4.72. The first kappa shape index (κ1) is 19.7. The molecule has 5 heteroatoms. The van der Waals surface area contributed by atoms with Crippen LogP contribution in [0.5, 0.6) is 0 Å². The van der Waals surface area contributed by atoms with Crippen LogP contribution >= 0.6 is 0 Å². The molecule has 1 amide bonds. The number of piperidine rings is 2. The molecule has 0 aliphatic carbocycles. The average Bonchev–Trinajstić information content (AvgIpc) is 2.79. The van der Waals surface area contributed by atoms with Crippen LogP contribution in [0.15, 0.2) is 42.5 Å². The molecule has 1 unspecified atom stereocenters. The van der Waals surface area contributed by atoms with Gasteiger partial charge >= 0.3 is 6.09 Å². The second kappa shape index (κ2) is 9.29. The number of carbonyl (C=O) groups excluding carboxylic acids is 1. The second-order valence-corrected chi connectivity index (χ2v) is 8.14. The van der Waals surface area contributed by atoms with E-state index in [1.165, 1.54) is 19.3 Å². The molecule has 0 saturated carbocycles. The highest BCUT2D eigenvalue weighted by Gasteiger charge is 2.30. The van der Waals surface area contributed by atoms with Gasteiger partial charge < -0.3 is 14.5 Å². The number of anilines is 1. The molecule has 0 N–H and O–H groups in total. The quantitative estimate of drug-likeness (QED) is 0.712. The van der Waals surface area contributed by atoms with Crippen molar-refractivity contribution in [3.8, 4) is 0 Å². The Balaban J connectivity index is 1.47. The van der Waals surface area contributed by atoms with Crippen molar-refractivity contribution < 1.29 is 9.53 Å². The normalized spacial score (nSPS) is 19.8. The monoisotopic (exact) mass is 393 g/mol. The lowest BCUT2D eigenvalue weighted by atomic mass is 9.94. The fraction of sp³-hybridized carbons (Fsp3) is 0.500. The molecule has 5 nitrogen and oxygen atoms in total. The predicted molar refractivity (Wildman–Crippen MR) is 115 cm³/mol. The third-order valence-electron chi connectivity index (χ3n) is 6.09. The van der Waals surface area contributed by atoms with Crippen LogP contribution in [0.3, 0.4) is 0 Å². The third-order valence-corrected chi connectivity index (χ3v) is 6.09. The van der Waals surface area contributed by atoms with Crippen LogP contribution in [-0.4, -0.2) is 35.6 Å². The van der Waals surface area contributed by atoms with Crippen LogP contribution in [0.2, 0.25) is 0 Å². The van der Waals surface area contributed by atoms with Gasteiger partial charge in [0.15, 0.2) is 0 Å². The molecule has 2 aliphatic heterocycles. The number of nitrogens with zero attached hydrogens (tertiary/aromatic N) is 3. The Morgan fingerprint density at radius 3 is 2.52 bits per heavy atom. The van der Waals surface area contributed by atoms with Crippen LogP contribution in [0.4, 0.5) is 10.6 Å². The van der Waals surface area contributed by atoms with E-state index in [0.29, 0.717) is 6.61 Å². The van der Waals surface area contributed by atoms with Gasteiger partial charge in [-0.1, -0.05) is 36.4 Å². The van der Waals surface area contributed by atoms with Gasteiger partial charge in [-0.3, -0.25) is 0 Å². The first-order valence-electron chi connectivity index (χ1n) is 10.9. The number of aryl methyl sites for hydroxylation is 1. The number of pyridine rings is 1. The molecule has 29 heavy (non-hydrogen) atoms. The molecule has 3 heterocycles. The zero-order valence-electron chi connectivity index (χ0n) is 17.3. The second-order valence-electron chi connectivity index (χ2n) is 8.14. The molecular formula is C24H31N3O2. The Hall–Kier alpha value is -2.56. The lowest BCUT2D eigenvalue weighted by Gasteiger charge is -2.36. The van der Waals surface area contributed by atoms with Gasteiger partial charge in [0.05, 0.1) is 6.04 Å². The highest BCUT2D eigenvalue weighted by molar-refractivity contribution is 5.68. The molecule has 154 valence electrons. The highest BCUT2D eigenvalue weighted by Crippen LogP contribution is 2.34. The van der Waals surface area contributed by atoms with Gasteiger partial charge in [0, 0.05) is 25.3 Å². The summed E-state index contributed by atoms with van der Waals surface area (Å²) in [4.78, 5) is 22.0. The van der Waals surface area contributed by atoms with E-state index in [-0.39, 0.29) is 12.1 Å². The molecular weight excluding hydrogens is 362 g/mol. The Morgan fingerprint density at radius 1 is 1.00 bits per heavy atom. The van der Waals surface area contributed by atoms with E-state index in [1.54, 1.807) is 0 Å². The summed E-state index contributed by atoms with van der Waals surface area (Å²) in [7, 11) is 0. The number of hydrogen-bond acceptors (Lipinski definition) is 4. The fourth-order valence-electron chi connectivity index (χ4n) is 4.49. The van der Waals surface area contributed by atoms with Crippen molar-refractivity contribution in [2.75, 3.05) is 24.5 Å². The molecule has 0 spiro atoms. The van der Waals surface area contributed by atoms with E-state index in [2.05, 4.69) is 24.0 Å². The van der Waals surface area contributed by atoms with Crippen molar-refractivity contribution in [2.45, 2.75) is 58.1 Å². The minimum Gasteiger partial charge on any atom is -0.445 e. The van der Waals surface area contributed by atoms with Gasteiger partial charge in [-0.2, -0.15) is 0 Å². The van der Waals surface area contributed by atoms with Crippen molar-refractivity contribution in [2.24, 2.45) is 0 Å². The van der Waals surface area contributed by atoms with Crippen molar-refractivity contribution in [3.05, 3.63) is 59.3 Å². The predicted octanol–water partition coefficient (Wildman–Crippen LogP) is 5.24. The van der Waals surface area contributed by atoms with Crippen LogP contribution in [0, 0.1) is 6.92 Å². The molecule has 0 radical (unpaired) electrons. The number of rotatable bonds is 4. The number of ether oxygens (including phenoxy) is 1. The van der Waals surface area contributed by atoms with E-state index in [4.69, 9.17) is 9.72 Å². The first-order valence-corrected chi connectivity index (χ1v) is 10.9. The number of hydrogen-bond donors (Lipinski definition) is 0. The molecule has 2 aromatic rings. The number of amides is 1. The number of carbonyl (C=O) groups is 1. The SMILES string of the molecule is Cc1nc(N2CCCCC2)ccc1C1CCCCN1C(=O)OCc1ccccc1. The maximum Gasteiger partial charge on any atom is 0.410 e. The minimum atomic E-state index is -0.224. The smallest absolute Gasteiger partial charge is 0.410 e. The largest absolute Gasteiger partial charge is 0.445 e. The summed E-state index contributed by atoms with van der Waals surface area (Å²) in [6, 6.07) is 14.2. The summed E-state index contributed by atoms with van der Waals surface area (Å²) in [5.41, 5.74) is 3.20. The highest BCUT2D eigenvalue weighted by atomic mass is 16.6. The van der Waals surface area contributed by atoms with Gasteiger partial charge in [0.2, 0.25) is 0 Å². The number of benzene rings is 1. The van der Waals surface area contributed by atoms with Gasteiger partial charge in [-0.15, -0.1) is 0 Å². The molecule has 2 fully saturated rings. The van der Waals surface area contributed by atoms with Gasteiger partial charge in [0.25, 0.3) is 0 Å². The van der Waals surface area contributed by atoms with Gasteiger partial charge in [-0.25, -0.2) is 9.78 Å². The van der Waals surface area contributed by atoms with Crippen molar-refractivity contribution in [1.82, 2.24) is 9.88 Å². The van der Waals surface area contributed by atoms with Crippen LogP contribution in [0.1, 0.15) is 61.4 Å². The Labute approximate surface area is 173 Å². The standard InChI is InChI=1S/C24H31N3O2/c1-19-21(13-14-23(25-19)26-15-7-3-8-16-26)22-12-6-9-17-27(22)24(28)29-18-20-10-4-2-5-11-20/h2,4-5,10-11,13-14,22H,3,6-9,12,15-18H2,1H3. The van der Waals surface area contributed by atoms with Crippen LogP contribution in [0.25, 0.3) is 0 Å². The van der Waals surface area contributed by atoms with E-state index >= 15 is 0 Å². The van der Waals surface area contributed by atoms with Crippen molar-refractivity contribution >= 4 is 11.9 Å². The Kier molecular flexibility index (Phi) is 6.33. The minimum absolute atomic E-state index is 0.0509. The summed E-state index contributed by atoms with van der Waals surface area (Å²) in [6.07, 6.45) is 6.69. The van der Waals surface area contributed by atoms with Crippen molar-refractivity contribution in [1.29, 1.82) is 0 Å². The molecule has 2 aliphatic rings. The summed E-state index contributed by atoms with van der Waals surface area (Å²) >= 11 is 0. The fourth-order valence-corrected chi connectivity index (χ4v) is 4.49. The molecule has 1 atom stereocenters. The number of likely N-dealkylation sites (tertiary alicyclic amines) is 1. The topological polar surface area (TPSA) is 45.7 Å². The molecule has 0 bridgehead atoms. The summed E-state index contributed by atoms with van der Waals surface area (Å²) in [6.45, 7) is 5.31. The first-order chi connectivity index (χ1) is 14.2. The van der Waals surface area contributed by atoms with E-state index < -0.39 is 0 Å². The molecule has 1 aromatic carbocycles. The summed E-state index contributed by atoms with van der Waals surface area (Å²) < 4.78 is 5.64. The van der Waals surface area contributed by atoms with E-state index in [0.717, 1.165) is 61.5 Å². The summed E-state index contributed by atoms with van der Waals surface area (Å²) in [5, 5.41) is 0. The lowest BCUT2D eigenvalue weighted by molar-refractivity contribution is 0.0677. The van der Waals surface area contributed by atoms with Gasteiger partial charge in [0.1, 0.15) is 12.4 Å². The van der Waals surface area contributed by atoms with Crippen molar-refractivity contribution in [3.63, 3.8) is 0 Å².